The lowest BCUT2D eigenvalue weighted by molar-refractivity contribution is 1.01. The molecule has 0 amide bonds. The van der Waals surface area contributed by atoms with Crippen molar-refractivity contribution in [2.75, 3.05) is 0 Å². The average molecular weight is 231 g/mol. The smallest absolute Gasteiger partial charge is 0.195 e. The summed E-state index contributed by atoms with van der Waals surface area (Å²) in [6.45, 7) is 11.7. The standard InChI is InChI=1S/C10H7N3S.C2H6/c1-7-3-4-13(8(7)2)10-12-9(5-11)6-14-10;1-2/h3-4,6H,1-2H2;1-2H3. The highest BCUT2D eigenvalue weighted by Crippen LogP contribution is 2.11. The van der Waals surface area contributed by atoms with E-state index in [4.69, 9.17) is 5.26 Å². The molecule has 0 saturated heterocycles. The van der Waals surface area contributed by atoms with Crippen LogP contribution < -0.4 is 10.6 Å². The summed E-state index contributed by atoms with van der Waals surface area (Å²) in [6, 6.07) is 3.86. The second-order valence-electron chi connectivity index (χ2n) is 2.78. The van der Waals surface area contributed by atoms with Gasteiger partial charge in [0.2, 0.25) is 0 Å². The van der Waals surface area contributed by atoms with Crippen LogP contribution in [0.5, 0.6) is 0 Å². The Labute approximate surface area is 98.6 Å². The zero-order valence-corrected chi connectivity index (χ0v) is 10.2. The Balaban J connectivity index is 0.000000606. The molecular weight excluding hydrogens is 218 g/mol. The maximum Gasteiger partial charge on any atom is 0.195 e. The third-order valence-electron chi connectivity index (χ3n) is 1.90. The van der Waals surface area contributed by atoms with Crippen LogP contribution in [0.2, 0.25) is 0 Å². The molecule has 2 heterocycles. The van der Waals surface area contributed by atoms with Crippen molar-refractivity contribution < 1.29 is 0 Å². The lowest BCUT2D eigenvalue weighted by atomic mass is 10.5. The zero-order chi connectivity index (χ0) is 12.1. The largest absolute Gasteiger partial charge is 0.293 e. The zero-order valence-electron chi connectivity index (χ0n) is 9.40. The van der Waals surface area contributed by atoms with Gasteiger partial charge in [0.15, 0.2) is 10.8 Å². The summed E-state index contributed by atoms with van der Waals surface area (Å²) in [5, 5.41) is 12.8. The molecule has 2 aromatic heterocycles. The van der Waals surface area contributed by atoms with E-state index in [0.29, 0.717) is 5.69 Å². The van der Waals surface area contributed by atoms with E-state index >= 15 is 0 Å². The summed E-state index contributed by atoms with van der Waals surface area (Å²) in [5.74, 6) is 0. The molecule has 0 N–H and O–H groups in total. The molecule has 0 bridgehead atoms. The van der Waals surface area contributed by atoms with Gasteiger partial charge in [-0.1, -0.05) is 27.0 Å². The Morgan fingerprint density at radius 2 is 2.12 bits per heavy atom. The first kappa shape index (κ1) is 12.2. The van der Waals surface area contributed by atoms with Gasteiger partial charge in [0.25, 0.3) is 0 Å². The van der Waals surface area contributed by atoms with E-state index in [0.717, 1.165) is 15.7 Å². The van der Waals surface area contributed by atoms with Crippen molar-refractivity contribution in [2.24, 2.45) is 0 Å². The van der Waals surface area contributed by atoms with Gasteiger partial charge in [-0.15, -0.1) is 11.3 Å². The fourth-order valence-corrected chi connectivity index (χ4v) is 1.87. The summed E-state index contributed by atoms with van der Waals surface area (Å²) in [7, 11) is 0. The van der Waals surface area contributed by atoms with Crippen molar-refractivity contribution in [3.63, 3.8) is 0 Å². The highest BCUT2D eigenvalue weighted by atomic mass is 32.1. The molecule has 2 aromatic rings. The SMILES string of the molecule is C=c1ccn(-c2nc(C#N)cs2)c1=C.CC. The molecule has 4 heteroatoms. The number of hydrogen-bond acceptors (Lipinski definition) is 3. The van der Waals surface area contributed by atoms with Gasteiger partial charge >= 0.3 is 0 Å². The fraction of sp³-hybridized carbons (Fsp3) is 0.167. The number of thiazole rings is 1. The first-order valence-corrected chi connectivity index (χ1v) is 5.81. The van der Waals surface area contributed by atoms with Crippen LogP contribution in [-0.2, 0) is 0 Å². The van der Waals surface area contributed by atoms with E-state index in [9.17, 15) is 0 Å². The molecule has 0 aliphatic rings. The molecule has 0 spiro atoms. The maximum absolute atomic E-state index is 8.63. The van der Waals surface area contributed by atoms with Crippen molar-refractivity contribution in [2.45, 2.75) is 13.8 Å². The monoisotopic (exact) mass is 231 g/mol. The Kier molecular flexibility index (Phi) is 4.03. The van der Waals surface area contributed by atoms with E-state index in [2.05, 4.69) is 18.1 Å². The molecule has 16 heavy (non-hydrogen) atoms. The summed E-state index contributed by atoms with van der Waals surface area (Å²) < 4.78 is 1.83. The topological polar surface area (TPSA) is 41.6 Å². The van der Waals surface area contributed by atoms with E-state index < -0.39 is 0 Å². The summed E-state index contributed by atoms with van der Waals surface area (Å²) in [5.41, 5.74) is 0.434. The third kappa shape index (κ3) is 2.20. The highest BCUT2D eigenvalue weighted by molar-refractivity contribution is 7.12. The van der Waals surface area contributed by atoms with Gasteiger partial charge in [-0.25, -0.2) is 4.98 Å². The molecular formula is C12H13N3S. The highest BCUT2D eigenvalue weighted by Gasteiger charge is 2.03. The molecule has 2 rings (SSSR count). The molecule has 82 valence electrons. The molecule has 0 saturated carbocycles. The van der Waals surface area contributed by atoms with Gasteiger partial charge in [0.1, 0.15) is 6.07 Å². The number of rotatable bonds is 1. The first-order valence-electron chi connectivity index (χ1n) is 4.93. The van der Waals surface area contributed by atoms with Crippen LogP contribution in [0, 0.1) is 11.3 Å². The molecule has 0 aliphatic heterocycles. The van der Waals surface area contributed by atoms with Crippen molar-refractivity contribution in [1.29, 1.82) is 5.26 Å². The number of aromatic nitrogens is 2. The van der Waals surface area contributed by atoms with Gasteiger partial charge in [-0.05, 0) is 11.3 Å². The summed E-state index contributed by atoms with van der Waals surface area (Å²) >= 11 is 1.42. The van der Waals surface area contributed by atoms with E-state index in [1.165, 1.54) is 11.3 Å². The average Bonchev–Trinajstić information content (AvgIpc) is 2.90. The minimum atomic E-state index is 0.434. The number of nitriles is 1. The van der Waals surface area contributed by atoms with Crippen LogP contribution >= 0.6 is 11.3 Å². The van der Waals surface area contributed by atoms with Gasteiger partial charge in [0, 0.05) is 16.9 Å². The Bertz CT molecular complexity index is 601. The Morgan fingerprint density at radius 1 is 1.44 bits per heavy atom. The van der Waals surface area contributed by atoms with Crippen LogP contribution in [0.25, 0.3) is 18.3 Å². The van der Waals surface area contributed by atoms with E-state index in [-0.39, 0.29) is 0 Å². The van der Waals surface area contributed by atoms with Gasteiger partial charge in [-0.3, -0.25) is 4.57 Å². The first-order chi connectivity index (χ1) is 7.72. The van der Waals surface area contributed by atoms with Crippen LogP contribution in [0.1, 0.15) is 19.5 Å². The van der Waals surface area contributed by atoms with E-state index in [1.807, 2.05) is 36.7 Å². The molecule has 0 aromatic carbocycles. The van der Waals surface area contributed by atoms with Crippen molar-refractivity contribution >= 4 is 24.5 Å². The van der Waals surface area contributed by atoms with Crippen molar-refractivity contribution in [1.82, 2.24) is 9.55 Å². The minimum absolute atomic E-state index is 0.434. The molecule has 0 aliphatic carbocycles. The Morgan fingerprint density at radius 3 is 2.56 bits per heavy atom. The second kappa shape index (κ2) is 5.29. The lowest BCUT2D eigenvalue weighted by Crippen LogP contribution is -2.24. The van der Waals surface area contributed by atoms with Crippen molar-refractivity contribution in [3.8, 4) is 11.2 Å². The van der Waals surface area contributed by atoms with Crippen LogP contribution in [-0.4, -0.2) is 9.55 Å². The number of nitrogens with zero attached hydrogens (tertiary/aromatic N) is 3. The number of hydrogen-bond donors (Lipinski definition) is 0. The Hall–Kier alpha value is -1.86. The molecule has 0 radical (unpaired) electrons. The minimum Gasteiger partial charge on any atom is -0.293 e. The van der Waals surface area contributed by atoms with Gasteiger partial charge in [-0.2, -0.15) is 5.26 Å². The molecule has 0 fully saturated rings. The third-order valence-corrected chi connectivity index (χ3v) is 2.74. The summed E-state index contributed by atoms with van der Waals surface area (Å²) in [4.78, 5) is 4.13. The van der Waals surface area contributed by atoms with Crippen LogP contribution in [0.3, 0.4) is 0 Å². The predicted octanol–water partition coefficient (Wildman–Crippen LogP) is 1.65. The quantitative estimate of drug-likeness (QED) is 0.749. The molecule has 0 atom stereocenters. The molecule has 3 nitrogen and oxygen atoms in total. The van der Waals surface area contributed by atoms with Gasteiger partial charge < -0.3 is 0 Å². The molecule has 0 unspecified atom stereocenters. The van der Waals surface area contributed by atoms with Gasteiger partial charge in [0.05, 0.1) is 0 Å². The van der Waals surface area contributed by atoms with E-state index in [1.54, 1.807) is 5.38 Å². The van der Waals surface area contributed by atoms with Crippen molar-refractivity contribution in [3.05, 3.63) is 33.9 Å². The van der Waals surface area contributed by atoms with Crippen LogP contribution in [0.4, 0.5) is 0 Å². The fourth-order valence-electron chi connectivity index (χ4n) is 1.11. The predicted molar refractivity (Wildman–Crippen MR) is 67.8 cm³/mol. The second-order valence-corrected chi connectivity index (χ2v) is 3.62. The lowest BCUT2D eigenvalue weighted by Gasteiger charge is -1.94. The van der Waals surface area contributed by atoms with Crippen LogP contribution in [0.15, 0.2) is 17.6 Å². The summed E-state index contributed by atoms with van der Waals surface area (Å²) in [6.07, 6.45) is 1.85. The normalized spacial score (nSPS) is 9.06. The maximum atomic E-state index is 8.63.